The summed E-state index contributed by atoms with van der Waals surface area (Å²) in [6.07, 6.45) is 7.12. The molecule has 1 aromatic carbocycles. The molecule has 174 valence electrons. The van der Waals surface area contributed by atoms with Crippen molar-refractivity contribution in [2.45, 2.75) is 45.7 Å². The number of pyridine rings is 1. The standard InChI is InChI=1S/C26H27N5O2S/c1-3-31-20-12-6-5-11-19(20)28-22(31)16-30(2)26(33)23-18-10-4-7-13-21(18)34-25(23)29-24(32)17-9-8-14-27-15-17/h5-6,8-9,11-12,14-15H,3-4,7,10,13,16H2,1-2H3,(H,29,32). The number of rotatable bonds is 6. The number of para-hydroxylation sites is 2. The lowest BCUT2D eigenvalue weighted by atomic mass is 9.95. The van der Waals surface area contributed by atoms with Gasteiger partial charge in [-0.2, -0.15) is 0 Å². The van der Waals surface area contributed by atoms with Crippen molar-refractivity contribution in [1.82, 2.24) is 19.4 Å². The summed E-state index contributed by atoms with van der Waals surface area (Å²) in [5.74, 6) is 0.511. The zero-order valence-corrected chi connectivity index (χ0v) is 20.2. The second kappa shape index (κ2) is 9.38. The lowest BCUT2D eigenvalue weighted by molar-refractivity contribution is 0.0780. The molecule has 8 heteroatoms. The first-order chi connectivity index (χ1) is 16.6. The zero-order chi connectivity index (χ0) is 23.7. The Morgan fingerprint density at radius 2 is 1.97 bits per heavy atom. The highest BCUT2D eigenvalue weighted by atomic mass is 32.1. The van der Waals surface area contributed by atoms with Gasteiger partial charge in [0.1, 0.15) is 10.8 Å². The number of hydrogen-bond acceptors (Lipinski definition) is 5. The van der Waals surface area contributed by atoms with E-state index in [2.05, 4.69) is 27.9 Å². The van der Waals surface area contributed by atoms with Crippen molar-refractivity contribution < 1.29 is 9.59 Å². The van der Waals surface area contributed by atoms with Gasteiger partial charge in [0, 0.05) is 30.9 Å². The van der Waals surface area contributed by atoms with E-state index in [1.807, 2.05) is 18.2 Å². The van der Waals surface area contributed by atoms with Gasteiger partial charge < -0.3 is 14.8 Å². The first-order valence-corrected chi connectivity index (χ1v) is 12.4. The smallest absolute Gasteiger partial charge is 0.257 e. The topological polar surface area (TPSA) is 80.1 Å². The average molecular weight is 474 g/mol. The molecule has 34 heavy (non-hydrogen) atoms. The van der Waals surface area contributed by atoms with Crippen molar-refractivity contribution in [3.8, 4) is 0 Å². The fourth-order valence-corrected chi connectivity index (χ4v) is 5.90. The fraction of sp³-hybridized carbons (Fsp3) is 0.308. The molecule has 2 amide bonds. The molecule has 1 aliphatic carbocycles. The van der Waals surface area contributed by atoms with Crippen molar-refractivity contribution in [2.24, 2.45) is 0 Å². The van der Waals surface area contributed by atoms with Crippen LogP contribution < -0.4 is 5.32 Å². The van der Waals surface area contributed by atoms with E-state index in [-0.39, 0.29) is 11.8 Å². The number of nitrogens with one attached hydrogen (secondary N) is 1. The molecule has 3 heterocycles. The molecule has 7 nitrogen and oxygen atoms in total. The van der Waals surface area contributed by atoms with Crippen LogP contribution in [-0.4, -0.2) is 38.3 Å². The maximum Gasteiger partial charge on any atom is 0.257 e. The number of aromatic nitrogens is 3. The van der Waals surface area contributed by atoms with E-state index in [0.717, 1.165) is 54.6 Å². The second-order valence-electron chi connectivity index (χ2n) is 8.53. The number of nitrogens with zero attached hydrogens (tertiary/aromatic N) is 4. The van der Waals surface area contributed by atoms with Crippen molar-refractivity contribution in [1.29, 1.82) is 0 Å². The maximum absolute atomic E-state index is 13.8. The number of hydrogen-bond donors (Lipinski definition) is 1. The zero-order valence-electron chi connectivity index (χ0n) is 19.4. The Hall–Kier alpha value is -3.52. The Morgan fingerprint density at radius 1 is 1.15 bits per heavy atom. The summed E-state index contributed by atoms with van der Waals surface area (Å²) in [4.78, 5) is 38.4. The Bertz CT molecular complexity index is 1360. The molecule has 0 spiro atoms. The molecular formula is C26H27N5O2S. The normalized spacial score (nSPS) is 13.0. The summed E-state index contributed by atoms with van der Waals surface area (Å²) in [5.41, 5.74) is 4.17. The van der Waals surface area contributed by atoms with E-state index in [4.69, 9.17) is 4.98 Å². The molecule has 4 aromatic rings. The molecule has 0 aliphatic heterocycles. The summed E-state index contributed by atoms with van der Waals surface area (Å²) in [5, 5.41) is 3.63. The van der Waals surface area contributed by atoms with Crippen molar-refractivity contribution in [3.63, 3.8) is 0 Å². The van der Waals surface area contributed by atoms with Crippen LogP contribution in [-0.2, 0) is 25.9 Å². The van der Waals surface area contributed by atoms with Crippen LogP contribution in [0.4, 0.5) is 5.00 Å². The van der Waals surface area contributed by atoms with Crippen LogP contribution in [0.2, 0.25) is 0 Å². The largest absolute Gasteiger partial charge is 0.334 e. The summed E-state index contributed by atoms with van der Waals surface area (Å²) in [6, 6.07) is 11.5. The van der Waals surface area contributed by atoms with Gasteiger partial charge >= 0.3 is 0 Å². The number of aryl methyl sites for hydroxylation is 2. The van der Waals surface area contributed by atoms with E-state index in [1.165, 1.54) is 22.4 Å². The highest BCUT2D eigenvalue weighted by Gasteiger charge is 2.29. The number of benzene rings is 1. The van der Waals surface area contributed by atoms with Gasteiger partial charge in [-0.15, -0.1) is 11.3 Å². The number of imidazole rings is 1. The van der Waals surface area contributed by atoms with Gasteiger partial charge in [-0.25, -0.2) is 4.98 Å². The predicted molar refractivity (Wildman–Crippen MR) is 134 cm³/mol. The van der Waals surface area contributed by atoms with Gasteiger partial charge in [-0.1, -0.05) is 12.1 Å². The van der Waals surface area contributed by atoms with Crippen LogP contribution in [0.15, 0.2) is 48.8 Å². The van der Waals surface area contributed by atoms with E-state index >= 15 is 0 Å². The lowest BCUT2D eigenvalue weighted by Crippen LogP contribution is -2.29. The molecule has 0 bridgehead atoms. The Labute approximate surface area is 202 Å². The predicted octanol–water partition coefficient (Wildman–Crippen LogP) is 4.92. The van der Waals surface area contributed by atoms with Crippen LogP contribution in [0.5, 0.6) is 0 Å². The third-order valence-corrected chi connectivity index (χ3v) is 7.52. The fourth-order valence-electron chi connectivity index (χ4n) is 4.63. The van der Waals surface area contributed by atoms with Gasteiger partial charge in [0.15, 0.2) is 0 Å². The number of carbonyl (C=O) groups is 2. The number of thiophene rings is 1. The minimum Gasteiger partial charge on any atom is -0.334 e. The van der Waals surface area contributed by atoms with Gasteiger partial charge in [0.25, 0.3) is 11.8 Å². The second-order valence-corrected chi connectivity index (χ2v) is 9.64. The monoisotopic (exact) mass is 473 g/mol. The first-order valence-electron chi connectivity index (χ1n) is 11.6. The first kappa shape index (κ1) is 22.3. The third kappa shape index (κ3) is 4.09. The number of amides is 2. The van der Waals surface area contributed by atoms with Gasteiger partial charge in [-0.05, 0) is 62.4 Å². The molecule has 0 atom stereocenters. The van der Waals surface area contributed by atoms with E-state index in [1.54, 1.807) is 30.3 Å². The molecule has 0 saturated carbocycles. The van der Waals surface area contributed by atoms with Crippen LogP contribution in [0, 0.1) is 0 Å². The van der Waals surface area contributed by atoms with Crippen LogP contribution in [0.3, 0.4) is 0 Å². The number of carbonyl (C=O) groups excluding carboxylic acids is 2. The quantitative estimate of drug-likeness (QED) is 0.431. The van der Waals surface area contributed by atoms with Crippen LogP contribution >= 0.6 is 11.3 Å². The van der Waals surface area contributed by atoms with Crippen molar-refractivity contribution in [3.05, 3.63) is 76.2 Å². The minimum atomic E-state index is -0.254. The molecule has 3 aromatic heterocycles. The van der Waals surface area contributed by atoms with Gasteiger partial charge in [0.2, 0.25) is 0 Å². The van der Waals surface area contributed by atoms with Gasteiger partial charge in [0.05, 0.1) is 28.7 Å². The highest BCUT2D eigenvalue weighted by molar-refractivity contribution is 7.17. The van der Waals surface area contributed by atoms with Gasteiger partial charge in [-0.3, -0.25) is 14.6 Å². The Kier molecular flexibility index (Phi) is 6.15. The van der Waals surface area contributed by atoms with Crippen LogP contribution in [0.1, 0.15) is 56.7 Å². The molecule has 0 saturated heterocycles. The average Bonchev–Trinajstić information content (AvgIpc) is 3.40. The van der Waals surface area contributed by atoms with Crippen molar-refractivity contribution in [2.75, 3.05) is 12.4 Å². The minimum absolute atomic E-state index is 0.0874. The molecule has 5 rings (SSSR count). The molecule has 0 unspecified atom stereocenters. The van der Waals surface area contributed by atoms with E-state index < -0.39 is 0 Å². The van der Waals surface area contributed by atoms with E-state index in [9.17, 15) is 9.59 Å². The molecule has 0 fully saturated rings. The summed E-state index contributed by atoms with van der Waals surface area (Å²) in [6.45, 7) is 3.25. The lowest BCUT2D eigenvalue weighted by Gasteiger charge is -2.20. The van der Waals surface area contributed by atoms with Crippen LogP contribution in [0.25, 0.3) is 11.0 Å². The summed E-state index contributed by atoms with van der Waals surface area (Å²) in [7, 11) is 1.81. The number of anilines is 1. The van der Waals surface area contributed by atoms with Crippen molar-refractivity contribution >= 4 is 39.2 Å². The summed E-state index contributed by atoms with van der Waals surface area (Å²) >= 11 is 1.53. The van der Waals surface area contributed by atoms with E-state index in [0.29, 0.717) is 22.7 Å². The summed E-state index contributed by atoms with van der Waals surface area (Å²) < 4.78 is 2.15. The molecule has 1 N–H and O–H groups in total. The Balaban J connectivity index is 1.46. The number of fused-ring (bicyclic) bond motifs is 2. The maximum atomic E-state index is 13.8. The molecule has 0 radical (unpaired) electrons. The SMILES string of the molecule is CCn1c(CN(C)C(=O)c2c(NC(=O)c3cccnc3)sc3c2CCCC3)nc2ccccc21. The molecule has 1 aliphatic rings. The Morgan fingerprint density at radius 3 is 2.76 bits per heavy atom. The highest BCUT2D eigenvalue weighted by Crippen LogP contribution is 2.39. The third-order valence-electron chi connectivity index (χ3n) is 6.31. The molecular weight excluding hydrogens is 446 g/mol.